The van der Waals surface area contributed by atoms with Gasteiger partial charge < -0.3 is 20.5 Å². The van der Waals surface area contributed by atoms with Crippen molar-refractivity contribution in [3.63, 3.8) is 0 Å². The number of amides is 1. The molecule has 1 amide bonds. The number of terminal acetylenes is 1. The first-order valence-corrected chi connectivity index (χ1v) is 9.15. The van der Waals surface area contributed by atoms with Crippen molar-refractivity contribution in [2.45, 2.75) is 18.1 Å². The van der Waals surface area contributed by atoms with Gasteiger partial charge in [0.15, 0.2) is 18.2 Å². The Hall–Kier alpha value is -3.81. The summed E-state index contributed by atoms with van der Waals surface area (Å²) >= 11 is 0. The van der Waals surface area contributed by atoms with Gasteiger partial charge in [-0.3, -0.25) is 4.79 Å². The molecule has 2 aliphatic rings. The number of halogens is 3. The van der Waals surface area contributed by atoms with Crippen molar-refractivity contribution in [2.75, 3.05) is 18.6 Å². The van der Waals surface area contributed by atoms with Crippen molar-refractivity contribution in [2.24, 2.45) is 16.6 Å². The van der Waals surface area contributed by atoms with Crippen molar-refractivity contribution >= 4 is 17.6 Å². The molecule has 0 bridgehead atoms. The van der Waals surface area contributed by atoms with Gasteiger partial charge in [0.25, 0.3) is 11.9 Å². The zero-order valence-corrected chi connectivity index (χ0v) is 15.9. The number of benzene rings is 1. The van der Waals surface area contributed by atoms with E-state index >= 15 is 0 Å². The number of anilines is 1. The summed E-state index contributed by atoms with van der Waals surface area (Å²) in [5, 5.41) is 2.39. The number of nitrogens with one attached hydrogen (secondary N) is 1. The molecule has 1 aliphatic carbocycles. The van der Waals surface area contributed by atoms with Crippen molar-refractivity contribution < 1.29 is 27.4 Å². The second kappa shape index (κ2) is 7.79. The molecule has 8 nitrogen and oxygen atoms in total. The van der Waals surface area contributed by atoms with Crippen LogP contribution in [0.2, 0.25) is 0 Å². The summed E-state index contributed by atoms with van der Waals surface area (Å²) in [4.78, 5) is 24.2. The number of alkyl halides is 1. The normalized spacial score (nSPS) is 23.6. The molecule has 160 valence electrons. The van der Waals surface area contributed by atoms with Gasteiger partial charge in [0.2, 0.25) is 5.88 Å². The Morgan fingerprint density at radius 2 is 2.19 bits per heavy atom. The predicted octanol–water partition coefficient (Wildman–Crippen LogP) is 1.92. The van der Waals surface area contributed by atoms with Crippen molar-refractivity contribution in [1.82, 2.24) is 9.97 Å². The number of carbonyl (C=O) groups is 1. The van der Waals surface area contributed by atoms with E-state index in [0.29, 0.717) is 6.42 Å². The Labute approximate surface area is 174 Å². The van der Waals surface area contributed by atoms with Crippen LogP contribution in [0.15, 0.2) is 29.5 Å². The lowest BCUT2D eigenvalue weighted by molar-refractivity contribution is 0.102. The first-order chi connectivity index (χ1) is 14.9. The van der Waals surface area contributed by atoms with Crippen molar-refractivity contribution in [3.8, 4) is 18.2 Å². The van der Waals surface area contributed by atoms with Crippen LogP contribution in [0.1, 0.15) is 22.5 Å². The summed E-state index contributed by atoms with van der Waals surface area (Å²) in [6.07, 6.45) is 7.38. The van der Waals surface area contributed by atoms with Gasteiger partial charge in [0, 0.05) is 23.2 Å². The number of fused-ring (bicyclic) bond motifs is 1. The summed E-state index contributed by atoms with van der Waals surface area (Å²) in [5.41, 5.74) is 3.30. The highest BCUT2D eigenvalue weighted by Crippen LogP contribution is 2.54. The number of nitrogens with zero attached hydrogens (tertiary/aromatic N) is 3. The van der Waals surface area contributed by atoms with E-state index in [0.717, 1.165) is 18.3 Å². The first kappa shape index (κ1) is 20.5. The fraction of sp³-hybridized carbons (Fsp3) is 0.300. The Balaban J connectivity index is 1.62. The number of carbonyl (C=O) groups excluding carboxylic acids is 1. The number of hydrogen-bond donors (Lipinski definition) is 2. The maximum absolute atomic E-state index is 14.7. The number of nitrogens with two attached hydrogens (primary N) is 1. The summed E-state index contributed by atoms with van der Waals surface area (Å²) < 4.78 is 53.4. The summed E-state index contributed by atoms with van der Waals surface area (Å²) in [6.45, 7) is -1.13. The zero-order chi connectivity index (χ0) is 22.2. The van der Waals surface area contributed by atoms with Gasteiger partial charge in [-0.15, -0.1) is 6.42 Å². The molecule has 1 unspecified atom stereocenters. The van der Waals surface area contributed by atoms with E-state index in [1.807, 2.05) is 0 Å². The number of rotatable bonds is 6. The molecule has 1 aromatic carbocycles. The van der Waals surface area contributed by atoms with E-state index in [9.17, 15) is 18.0 Å². The fourth-order valence-corrected chi connectivity index (χ4v) is 3.52. The van der Waals surface area contributed by atoms with E-state index in [1.165, 1.54) is 6.20 Å². The third-order valence-electron chi connectivity index (χ3n) is 5.05. The molecule has 1 saturated carbocycles. The molecule has 3 N–H and O–H groups in total. The first-order valence-electron chi connectivity index (χ1n) is 9.15. The monoisotopic (exact) mass is 431 g/mol. The van der Waals surface area contributed by atoms with Gasteiger partial charge in [-0.1, -0.05) is 5.92 Å². The Kier molecular flexibility index (Phi) is 5.14. The molecule has 0 radical (unpaired) electrons. The Bertz CT molecular complexity index is 1100. The molecule has 0 saturated heterocycles. The molecule has 1 fully saturated rings. The van der Waals surface area contributed by atoms with E-state index in [4.69, 9.17) is 21.6 Å². The van der Waals surface area contributed by atoms with Crippen LogP contribution >= 0.6 is 0 Å². The van der Waals surface area contributed by atoms with E-state index in [-0.39, 0.29) is 35.5 Å². The molecule has 2 heterocycles. The van der Waals surface area contributed by atoms with Crippen LogP contribution < -0.4 is 15.8 Å². The van der Waals surface area contributed by atoms with E-state index < -0.39 is 41.8 Å². The molecule has 1 aromatic heterocycles. The van der Waals surface area contributed by atoms with Gasteiger partial charge in [0.05, 0.1) is 12.4 Å². The van der Waals surface area contributed by atoms with Crippen LogP contribution in [-0.4, -0.2) is 41.3 Å². The minimum Gasteiger partial charge on any atom is -0.463 e. The molecule has 31 heavy (non-hydrogen) atoms. The standard InChI is InChI=1S/C20H16F3N5O3/c1-2-3-30-16-8-25-14(7-26-16)18(29)27-10-4-12(17(23)13(22)5-10)20(9-21)11-6-15(11)31-19(24)28-20/h1,4-5,7-8,11,15H,3,6,9H2,(H2,24,28)(H,27,29)/t11-,15?,20-/m1/s1. The fourth-order valence-electron chi connectivity index (χ4n) is 3.52. The largest absolute Gasteiger partial charge is 0.463 e. The smallest absolute Gasteiger partial charge is 0.283 e. The number of aromatic nitrogens is 2. The molecule has 0 spiro atoms. The molecule has 2 aromatic rings. The van der Waals surface area contributed by atoms with Crippen molar-refractivity contribution in [1.29, 1.82) is 0 Å². The number of amidine groups is 1. The summed E-state index contributed by atoms with van der Waals surface area (Å²) in [6, 6.07) is 1.61. The Morgan fingerprint density at radius 1 is 1.39 bits per heavy atom. The lowest BCUT2D eigenvalue weighted by atomic mass is 9.85. The van der Waals surface area contributed by atoms with Crippen molar-refractivity contribution in [3.05, 3.63) is 47.4 Å². The predicted molar refractivity (Wildman–Crippen MR) is 103 cm³/mol. The highest BCUT2D eigenvalue weighted by molar-refractivity contribution is 6.02. The van der Waals surface area contributed by atoms with Gasteiger partial charge in [-0.25, -0.2) is 28.1 Å². The molecule has 11 heteroatoms. The molecule has 3 atom stereocenters. The minimum absolute atomic E-state index is 0.0198. The van der Waals surface area contributed by atoms with Crippen LogP contribution in [0.5, 0.6) is 5.88 Å². The number of ether oxygens (including phenoxy) is 2. The summed E-state index contributed by atoms with van der Waals surface area (Å²) in [5.74, 6) is -1.42. The lowest BCUT2D eigenvalue weighted by Gasteiger charge is -2.31. The molecule has 1 aliphatic heterocycles. The quantitative estimate of drug-likeness (QED) is 0.676. The number of hydrogen-bond acceptors (Lipinski definition) is 7. The zero-order valence-electron chi connectivity index (χ0n) is 15.9. The molecular formula is C20H16F3N5O3. The SMILES string of the molecule is C#CCOc1cnc(C(=O)Nc2cc(F)c(F)c([C@]3(CF)N=C(N)OC4C[C@H]43)c2)cn1. The molecular weight excluding hydrogens is 415 g/mol. The van der Waals surface area contributed by atoms with Crippen LogP contribution in [0, 0.1) is 29.9 Å². The topological polar surface area (TPSA) is 112 Å². The third kappa shape index (κ3) is 3.72. The maximum Gasteiger partial charge on any atom is 0.283 e. The maximum atomic E-state index is 14.7. The Morgan fingerprint density at radius 3 is 2.87 bits per heavy atom. The second-order valence-corrected chi connectivity index (χ2v) is 7.01. The summed E-state index contributed by atoms with van der Waals surface area (Å²) in [7, 11) is 0. The van der Waals surface area contributed by atoms with Gasteiger partial charge >= 0.3 is 0 Å². The highest BCUT2D eigenvalue weighted by atomic mass is 19.2. The molecule has 4 rings (SSSR count). The van der Waals surface area contributed by atoms with Gasteiger partial charge in [-0.05, 0) is 12.5 Å². The van der Waals surface area contributed by atoms with E-state index in [2.05, 4.69) is 26.2 Å². The van der Waals surface area contributed by atoms with Gasteiger partial charge in [-0.2, -0.15) is 0 Å². The lowest BCUT2D eigenvalue weighted by Crippen LogP contribution is -2.40. The number of aliphatic imine (C=N–C) groups is 1. The van der Waals surface area contributed by atoms with Crippen LogP contribution in [-0.2, 0) is 10.3 Å². The van der Waals surface area contributed by atoms with Gasteiger partial charge in [0.1, 0.15) is 24.0 Å². The average Bonchev–Trinajstić information content (AvgIpc) is 3.54. The van der Waals surface area contributed by atoms with E-state index in [1.54, 1.807) is 0 Å². The average molecular weight is 431 g/mol. The van der Waals surface area contributed by atoms with Crippen LogP contribution in [0.4, 0.5) is 18.9 Å². The highest BCUT2D eigenvalue weighted by Gasteiger charge is 2.60. The van der Waals surface area contributed by atoms with Crippen LogP contribution in [0.3, 0.4) is 0 Å². The second-order valence-electron chi connectivity index (χ2n) is 7.01. The van der Waals surface area contributed by atoms with Crippen LogP contribution in [0.25, 0.3) is 0 Å². The minimum atomic E-state index is -1.73. The third-order valence-corrected chi connectivity index (χ3v) is 5.05.